The van der Waals surface area contributed by atoms with Gasteiger partial charge in [0.05, 0.1) is 17.3 Å². The van der Waals surface area contributed by atoms with Crippen molar-refractivity contribution < 1.29 is 9.18 Å². The van der Waals surface area contributed by atoms with E-state index in [1.54, 1.807) is 18.2 Å². The van der Waals surface area contributed by atoms with Gasteiger partial charge in [0.25, 0.3) is 5.91 Å². The van der Waals surface area contributed by atoms with Crippen LogP contribution in [0.4, 0.5) is 21.7 Å². The summed E-state index contributed by atoms with van der Waals surface area (Å²) in [5.41, 5.74) is 9.68. The second-order valence-electron chi connectivity index (χ2n) is 8.33. The molecular weight excluding hydrogens is 419 g/mol. The molecule has 33 heavy (non-hydrogen) atoms. The van der Waals surface area contributed by atoms with Gasteiger partial charge in [-0.05, 0) is 56.0 Å². The van der Waals surface area contributed by atoms with Crippen molar-refractivity contribution in [2.45, 2.75) is 26.2 Å². The fourth-order valence-corrected chi connectivity index (χ4v) is 4.49. The Bertz CT molecular complexity index is 1340. The third kappa shape index (κ3) is 4.00. The largest absolute Gasteiger partial charge is 0.371 e. The molecule has 0 saturated carbocycles. The molecule has 0 aliphatic carbocycles. The molecule has 0 radical (unpaired) electrons. The average molecular weight is 445 g/mol. The van der Waals surface area contributed by atoms with E-state index in [1.807, 2.05) is 18.2 Å². The van der Waals surface area contributed by atoms with Gasteiger partial charge in [-0.15, -0.1) is 0 Å². The highest BCUT2D eigenvalue weighted by molar-refractivity contribution is 6.06. The third-order valence-corrected chi connectivity index (χ3v) is 6.08. The summed E-state index contributed by atoms with van der Waals surface area (Å²) in [5, 5.41) is 3.82. The molecule has 5 rings (SSSR count). The van der Waals surface area contributed by atoms with Crippen LogP contribution >= 0.6 is 0 Å². The number of carbonyl (C=O) groups is 1. The van der Waals surface area contributed by atoms with Crippen LogP contribution in [0.2, 0.25) is 0 Å². The van der Waals surface area contributed by atoms with Crippen molar-refractivity contribution in [3.63, 3.8) is 0 Å². The first-order valence-corrected chi connectivity index (χ1v) is 11.1. The van der Waals surface area contributed by atoms with E-state index in [-0.39, 0.29) is 11.8 Å². The van der Waals surface area contributed by atoms with E-state index in [2.05, 4.69) is 33.2 Å². The number of para-hydroxylation sites is 1. The molecule has 0 spiro atoms. The lowest BCUT2D eigenvalue weighted by Crippen LogP contribution is -2.29. The Balaban J connectivity index is 1.47. The average Bonchev–Trinajstić information content (AvgIpc) is 3.21. The Labute approximate surface area is 191 Å². The maximum absolute atomic E-state index is 14.8. The van der Waals surface area contributed by atoms with Gasteiger partial charge in [-0.1, -0.05) is 18.2 Å². The van der Waals surface area contributed by atoms with Crippen molar-refractivity contribution in [1.82, 2.24) is 14.5 Å². The molecule has 1 saturated heterocycles. The molecule has 2 aromatic heterocycles. The number of piperidine rings is 1. The summed E-state index contributed by atoms with van der Waals surface area (Å²) in [4.78, 5) is 22.8. The van der Waals surface area contributed by atoms with Crippen LogP contribution in [0.15, 0.2) is 54.9 Å². The van der Waals surface area contributed by atoms with Crippen molar-refractivity contribution >= 4 is 34.1 Å². The molecule has 0 atom stereocenters. The Hall–Kier alpha value is -3.94. The van der Waals surface area contributed by atoms with Crippen molar-refractivity contribution in [2.24, 2.45) is 5.73 Å². The van der Waals surface area contributed by atoms with Crippen molar-refractivity contribution in [2.75, 3.05) is 23.3 Å². The van der Waals surface area contributed by atoms with E-state index in [0.717, 1.165) is 30.5 Å². The zero-order chi connectivity index (χ0) is 22.9. The van der Waals surface area contributed by atoms with Crippen LogP contribution in [0, 0.1) is 12.7 Å². The predicted octanol–water partition coefficient (Wildman–Crippen LogP) is 4.70. The Morgan fingerprint density at radius 2 is 1.91 bits per heavy atom. The summed E-state index contributed by atoms with van der Waals surface area (Å²) in [7, 11) is 0. The lowest BCUT2D eigenvalue weighted by molar-refractivity contribution is 0.100. The summed E-state index contributed by atoms with van der Waals surface area (Å²) < 4.78 is 16.3. The highest BCUT2D eigenvalue weighted by Gasteiger charge is 2.18. The number of aromatic nitrogens is 3. The van der Waals surface area contributed by atoms with Gasteiger partial charge in [0.2, 0.25) is 5.95 Å². The normalized spacial score (nSPS) is 13.9. The first-order chi connectivity index (χ1) is 16.0. The van der Waals surface area contributed by atoms with Gasteiger partial charge < -0.3 is 16.0 Å². The Morgan fingerprint density at radius 1 is 1.12 bits per heavy atom. The van der Waals surface area contributed by atoms with Gasteiger partial charge in [0, 0.05) is 36.0 Å². The number of nitrogens with zero attached hydrogens (tertiary/aromatic N) is 4. The fourth-order valence-electron chi connectivity index (χ4n) is 4.49. The van der Waals surface area contributed by atoms with Crippen molar-refractivity contribution in [1.29, 1.82) is 0 Å². The monoisotopic (exact) mass is 444 g/mol. The minimum atomic E-state index is -0.603. The number of anilines is 3. The summed E-state index contributed by atoms with van der Waals surface area (Å²) in [6.45, 7) is 4.25. The number of nitrogens with one attached hydrogen (secondary N) is 1. The molecule has 1 aliphatic rings. The molecule has 3 N–H and O–H groups in total. The number of fused-ring (bicyclic) bond motifs is 1. The van der Waals surface area contributed by atoms with E-state index in [1.165, 1.54) is 35.7 Å². The number of hydrogen-bond donors (Lipinski definition) is 2. The minimum absolute atomic E-state index is 0.0397. The van der Waals surface area contributed by atoms with Crippen molar-refractivity contribution in [3.05, 3.63) is 71.8 Å². The summed E-state index contributed by atoms with van der Waals surface area (Å²) >= 11 is 0. The second-order valence-corrected chi connectivity index (χ2v) is 8.33. The number of rotatable bonds is 5. The SMILES string of the molecule is Cc1cc(Nc2ncc(F)c(-n3cc(C(N)=O)c4ccccc43)n2)ccc1N1CCCCC1. The van der Waals surface area contributed by atoms with Crippen LogP contribution in [0.5, 0.6) is 0 Å². The molecular formula is C25H25FN6O. The number of benzene rings is 2. The number of aryl methyl sites for hydroxylation is 1. The van der Waals surface area contributed by atoms with Crippen LogP contribution in [0.1, 0.15) is 35.2 Å². The number of halogens is 1. The molecule has 7 nitrogen and oxygen atoms in total. The molecule has 8 heteroatoms. The number of primary amides is 1. The molecule has 1 amide bonds. The van der Waals surface area contributed by atoms with Crippen LogP contribution < -0.4 is 16.0 Å². The molecule has 0 bridgehead atoms. The van der Waals surface area contributed by atoms with Crippen LogP contribution in [-0.4, -0.2) is 33.5 Å². The van der Waals surface area contributed by atoms with Gasteiger partial charge in [-0.3, -0.25) is 9.36 Å². The quantitative estimate of drug-likeness (QED) is 0.466. The molecule has 3 heterocycles. The van der Waals surface area contributed by atoms with E-state index in [9.17, 15) is 9.18 Å². The highest BCUT2D eigenvalue weighted by Crippen LogP contribution is 2.29. The van der Waals surface area contributed by atoms with Crippen LogP contribution in [0.25, 0.3) is 16.7 Å². The smallest absolute Gasteiger partial charge is 0.250 e. The fraction of sp³-hybridized carbons (Fsp3) is 0.240. The predicted molar refractivity (Wildman–Crippen MR) is 128 cm³/mol. The maximum atomic E-state index is 14.8. The zero-order valence-corrected chi connectivity index (χ0v) is 18.4. The molecule has 1 fully saturated rings. The van der Waals surface area contributed by atoms with E-state index >= 15 is 0 Å². The molecule has 1 aliphatic heterocycles. The van der Waals surface area contributed by atoms with Gasteiger partial charge in [-0.2, -0.15) is 4.98 Å². The van der Waals surface area contributed by atoms with Crippen LogP contribution in [0.3, 0.4) is 0 Å². The number of hydrogen-bond acceptors (Lipinski definition) is 5. The lowest BCUT2D eigenvalue weighted by Gasteiger charge is -2.30. The summed E-state index contributed by atoms with van der Waals surface area (Å²) in [6, 6.07) is 13.3. The number of carbonyl (C=O) groups excluding carboxylic acids is 1. The highest BCUT2D eigenvalue weighted by atomic mass is 19.1. The third-order valence-electron chi connectivity index (χ3n) is 6.08. The molecule has 168 valence electrons. The van der Waals surface area contributed by atoms with Gasteiger partial charge in [0.1, 0.15) is 0 Å². The first kappa shape index (κ1) is 20.9. The zero-order valence-electron chi connectivity index (χ0n) is 18.4. The first-order valence-electron chi connectivity index (χ1n) is 11.1. The topological polar surface area (TPSA) is 89.1 Å². The molecule has 0 unspecified atom stereocenters. The number of nitrogens with two attached hydrogens (primary N) is 1. The standard InChI is InChI=1S/C25H25FN6O/c1-16-13-17(9-10-21(16)31-11-5-2-6-12-31)29-25-28-14-20(26)24(30-25)32-15-19(23(27)33)18-7-3-4-8-22(18)32/h3-4,7-10,13-15H,2,5-6,11-12H2,1H3,(H2,27,33)(H,28,29,30). The van der Waals surface area contributed by atoms with E-state index in [0.29, 0.717) is 16.5 Å². The maximum Gasteiger partial charge on any atom is 0.250 e. The number of amides is 1. The van der Waals surface area contributed by atoms with E-state index < -0.39 is 11.7 Å². The van der Waals surface area contributed by atoms with Crippen LogP contribution in [-0.2, 0) is 0 Å². The van der Waals surface area contributed by atoms with Gasteiger partial charge in [-0.25, -0.2) is 9.37 Å². The van der Waals surface area contributed by atoms with Gasteiger partial charge >= 0.3 is 0 Å². The molecule has 2 aromatic carbocycles. The van der Waals surface area contributed by atoms with Gasteiger partial charge in [0.15, 0.2) is 11.6 Å². The minimum Gasteiger partial charge on any atom is -0.371 e. The summed E-state index contributed by atoms with van der Waals surface area (Å²) in [5.74, 6) is -0.885. The molecule has 4 aromatic rings. The second kappa shape index (κ2) is 8.54. The lowest BCUT2D eigenvalue weighted by atomic mass is 10.1. The Kier molecular flexibility index (Phi) is 5.42. The van der Waals surface area contributed by atoms with Crippen molar-refractivity contribution in [3.8, 4) is 5.82 Å². The summed E-state index contributed by atoms with van der Waals surface area (Å²) in [6.07, 6.45) is 6.36. The van der Waals surface area contributed by atoms with E-state index in [4.69, 9.17) is 5.73 Å². The Morgan fingerprint density at radius 3 is 2.67 bits per heavy atom.